The molecule has 0 aromatic heterocycles. The number of hydrogen-bond donors (Lipinski definition) is 0. The van der Waals surface area contributed by atoms with E-state index in [1.165, 1.54) is 0 Å². The fraction of sp³-hybridized carbons (Fsp3) is 0.222. The van der Waals surface area contributed by atoms with E-state index in [9.17, 15) is 10.1 Å². The van der Waals surface area contributed by atoms with Gasteiger partial charge >= 0.3 is 0 Å². The van der Waals surface area contributed by atoms with Gasteiger partial charge < -0.3 is 4.90 Å². The summed E-state index contributed by atoms with van der Waals surface area (Å²) in [7, 11) is 0. The highest BCUT2D eigenvalue weighted by molar-refractivity contribution is 6.01. The summed E-state index contributed by atoms with van der Waals surface area (Å²) in [5.41, 5.74) is 2.94. The molecule has 2 aromatic carbocycles. The Hall–Kier alpha value is -2.60. The molecule has 0 spiro atoms. The van der Waals surface area contributed by atoms with Crippen LogP contribution in [0.1, 0.15) is 28.8 Å². The highest BCUT2D eigenvalue weighted by atomic mass is 16.2. The molecule has 1 fully saturated rings. The Bertz CT molecular complexity index is 709. The lowest BCUT2D eigenvalue weighted by molar-refractivity contribution is 0.0793. The van der Waals surface area contributed by atoms with E-state index in [1.807, 2.05) is 47.4 Å². The predicted molar refractivity (Wildman–Crippen MR) is 81.7 cm³/mol. The van der Waals surface area contributed by atoms with Gasteiger partial charge in [-0.25, -0.2) is 0 Å². The van der Waals surface area contributed by atoms with E-state index in [4.69, 9.17) is 0 Å². The van der Waals surface area contributed by atoms with Gasteiger partial charge in [0.1, 0.15) is 0 Å². The van der Waals surface area contributed by atoms with Gasteiger partial charge in [0.15, 0.2) is 0 Å². The van der Waals surface area contributed by atoms with Gasteiger partial charge in [0, 0.05) is 24.2 Å². The van der Waals surface area contributed by atoms with Crippen molar-refractivity contribution in [2.75, 3.05) is 13.1 Å². The number of carbonyl (C=O) groups is 1. The van der Waals surface area contributed by atoms with Crippen LogP contribution in [-0.2, 0) is 0 Å². The van der Waals surface area contributed by atoms with E-state index in [0.29, 0.717) is 11.1 Å². The van der Waals surface area contributed by atoms with Gasteiger partial charge in [-0.1, -0.05) is 36.4 Å². The number of nitrogens with zero attached hydrogens (tertiary/aromatic N) is 2. The molecule has 0 radical (unpaired) electrons. The Labute approximate surface area is 124 Å². The van der Waals surface area contributed by atoms with E-state index in [0.717, 1.165) is 37.1 Å². The first-order valence-electron chi connectivity index (χ1n) is 7.19. The van der Waals surface area contributed by atoms with Crippen molar-refractivity contribution in [1.29, 1.82) is 5.26 Å². The monoisotopic (exact) mass is 276 g/mol. The summed E-state index contributed by atoms with van der Waals surface area (Å²) in [6, 6.07) is 17.2. The molecule has 0 N–H and O–H groups in total. The van der Waals surface area contributed by atoms with Crippen LogP contribution >= 0.6 is 0 Å². The first-order valence-corrected chi connectivity index (χ1v) is 7.19. The average Bonchev–Trinajstić information content (AvgIpc) is 3.08. The van der Waals surface area contributed by atoms with Crippen molar-refractivity contribution in [2.45, 2.75) is 12.8 Å². The number of amides is 1. The zero-order valence-electron chi connectivity index (χ0n) is 11.7. The van der Waals surface area contributed by atoms with Crippen molar-refractivity contribution >= 4 is 5.91 Å². The predicted octanol–water partition coefficient (Wildman–Crippen LogP) is 3.46. The largest absolute Gasteiger partial charge is 0.339 e. The number of benzene rings is 2. The van der Waals surface area contributed by atoms with Gasteiger partial charge in [-0.05, 0) is 30.5 Å². The van der Waals surface area contributed by atoms with Crippen LogP contribution in [0.3, 0.4) is 0 Å². The van der Waals surface area contributed by atoms with Crippen molar-refractivity contribution in [3.05, 3.63) is 59.7 Å². The summed E-state index contributed by atoms with van der Waals surface area (Å²) in [4.78, 5) is 14.6. The van der Waals surface area contributed by atoms with E-state index >= 15 is 0 Å². The van der Waals surface area contributed by atoms with E-state index in [-0.39, 0.29) is 5.91 Å². The summed E-state index contributed by atoms with van der Waals surface area (Å²) in [5, 5.41) is 9.28. The lowest BCUT2D eigenvalue weighted by Crippen LogP contribution is -2.28. The lowest BCUT2D eigenvalue weighted by Gasteiger charge is -2.18. The van der Waals surface area contributed by atoms with E-state index in [1.54, 1.807) is 6.07 Å². The summed E-state index contributed by atoms with van der Waals surface area (Å²) < 4.78 is 0. The molecule has 0 saturated carbocycles. The van der Waals surface area contributed by atoms with Crippen LogP contribution in [0.2, 0.25) is 0 Å². The number of carbonyl (C=O) groups excluding carboxylic acids is 1. The highest BCUT2D eigenvalue weighted by Crippen LogP contribution is 2.28. The maximum absolute atomic E-state index is 12.7. The molecule has 3 rings (SSSR count). The minimum absolute atomic E-state index is 0.0656. The molecule has 2 aromatic rings. The third-order valence-electron chi connectivity index (χ3n) is 3.89. The molecule has 0 bridgehead atoms. The minimum atomic E-state index is 0.0656. The Balaban J connectivity index is 2.08. The first-order chi connectivity index (χ1) is 10.3. The summed E-state index contributed by atoms with van der Waals surface area (Å²) in [6.07, 6.45) is 2.14. The number of likely N-dealkylation sites (tertiary alicyclic amines) is 1. The molecule has 0 aliphatic carbocycles. The van der Waals surface area contributed by atoms with Crippen LogP contribution in [0.5, 0.6) is 0 Å². The van der Waals surface area contributed by atoms with Crippen LogP contribution in [-0.4, -0.2) is 23.9 Å². The van der Waals surface area contributed by atoms with Gasteiger partial charge in [0.2, 0.25) is 0 Å². The van der Waals surface area contributed by atoms with Gasteiger partial charge in [0.25, 0.3) is 5.91 Å². The number of nitriles is 1. The maximum Gasteiger partial charge on any atom is 0.254 e. The van der Waals surface area contributed by atoms with Crippen LogP contribution in [0, 0.1) is 11.3 Å². The Morgan fingerprint density at radius 3 is 2.29 bits per heavy atom. The van der Waals surface area contributed by atoms with Gasteiger partial charge in [-0.2, -0.15) is 5.26 Å². The number of rotatable bonds is 2. The molecular weight excluding hydrogens is 260 g/mol. The normalized spacial score (nSPS) is 14.0. The zero-order valence-corrected chi connectivity index (χ0v) is 11.7. The van der Waals surface area contributed by atoms with E-state index in [2.05, 4.69) is 6.07 Å². The molecule has 3 heteroatoms. The van der Waals surface area contributed by atoms with Crippen molar-refractivity contribution in [3.63, 3.8) is 0 Å². The zero-order chi connectivity index (χ0) is 14.7. The van der Waals surface area contributed by atoms with Crippen molar-refractivity contribution in [3.8, 4) is 17.2 Å². The Morgan fingerprint density at radius 2 is 1.57 bits per heavy atom. The van der Waals surface area contributed by atoms with Crippen molar-refractivity contribution in [1.82, 2.24) is 4.90 Å². The second-order valence-corrected chi connectivity index (χ2v) is 5.20. The topological polar surface area (TPSA) is 44.1 Å². The highest BCUT2D eigenvalue weighted by Gasteiger charge is 2.22. The van der Waals surface area contributed by atoms with Crippen LogP contribution in [0.4, 0.5) is 0 Å². The molecule has 1 heterocycles. The fourth-order valence-corrected chi connectivity index (χ4v) is 2.81. The number of hydrogen-bond acceptors (Lipinski definition) is 2. The Morgan fingerprint density at radius 1 is 0.952 bits per heavy atom. The molecule has 1 saturated heterocycles. The Kier molecular flexibility index (Phi) is 3.70. The van der Waals surface area contributed by atoms with Gasteiger partial charge in [-0.3, -0.25) is 4.79 Å². The third kappa shape index (κ3) is 2.53. The second kappa shape index (κ2) is 5.80. The van der Waals surface area contributed by atoms with Crippen molar-refractivity contribution in [2.24, 2.45) is 0 Å². The molecule has 1 aliphatic rings. The average molecular weight is 276 g/mol. The molecule has 104 valence electrons. The van der Waals surface area contributed by atoms with E-state index < -0.39 is 0 Å². The van der Waals surface area contributed by atoms with Gasteiger partial charge in [-0.15, -0.1) is 0 Å². The second-order valence-electron chi connectivity index (χ2n) is 5.20. The smallest absolute Gasteiger partial charge is 0.254 e. The van der Waals surface area contributed by atoms with Gasteiger partial charge in [0.05, 0.1) is 11.6 Å². The van der Waals surface area contributed by atoms with Crippen LogP contribution in [0.25, 0.3) is 11.1 Å². The quantitative estimate of drug-likeness (QED) is 0.843. The minimum Gasteiger partial charge on any atom is -0.339 e. The molecule has 3 nitrogen and oxygen atoms in total. The third-order valence-corrected chi connectivity index (χ3v) is 3.89. The summed E-state index contributed by atoms with van der Waals surface area (Å²) in [5.74, 6) is 0.0656. The SMILES string of the molecule is N#Cc1ccccc1-c1ccccc1C(=O)N1CCCC1. The standard InChI is InChI=1S/C18H16N2O/c19-13-14-7-1-2-8-15(14)16-9-3-4-10-17(16)18(21)20-11-5-6-12-20/h1-4,7-10H,5-6,11-12H2. The van der Waals surface area contributed by atoms with Crippen LogP contribution in [0.15, 0.2) is 48.5 Å². The first kappa shape index (κ1) is 13.4. The molecule has 0 unspecified atom stereocenters. The van der Waals surface area contributed by atoms with Crippen LogP contribution < -0.4 is 0 Å². The maximum atomic E-state index is 12.7. The molecule has 21 heavy (non-hydrogen) atoms. The molecule has 0 atom stereocenters. The van der Waals surface area contributed by atoms with Crippen molar-refractivity contribution < 1.29 is 4.79 Å². The molecular formula is C18H16N2O. The fourth-order valence-electron chi connectivity index (χ4n) is 2.81. The summed E-state index contributed by atoms with van der Waals surface area (Å²) >= 11 is 0. The summed E-state index contributed by atoms with van der Waals surface area (Å²) in [6.45, 7) is 1.65. The lowest BCUT2D eigenvalue weighted by atomic mass is 9.95. The molecule has 1 amide bonds. The molecule has 1 aliphatic heterocycles.